The van der Waals surface area contributed by atoms with Crippen molar-refractivity contribution in [1.82, 2.24) is 0 Å². The highest BCUT2D eigenvalue weighted by Crippen LogP contribution is 2.39. The molecular formula is C11H14ClN. The normalized spacial score (nSPS) is 19.6. The molecule has 0 spiro atoms. The van der Waals surface area contributed by atoms with E-state index in [4.69, 9.17) is 17.3 Å². The zero-order valence-electron chi connectivity index (χ0n) is 7.81. The highest BCUT2D eigenvalue weighted by Gasteiger charge is 2.34. The Labute approximate surface area is 83.9 Å². The van der Waals surface area contributed by atoms with E-state index in [1.807, 2.05) is 13.0 Å². The molecule has 2 N–H and O–H groups in total. The van der Waals surface area contributed by atoms with Crippen LogP contribution < -0.4 is 5.73 Å². The lowest BCUT2D eigenvalue weighted by molar-refractivity contribution is 0.253. The maximum atomic E-state index is 6.20. The van der Waals surface area contributed by atoms with Crippen molar-refractivity contribution in [2.45, 2.75) is 31.7 Å². The Kier molecular flexibility index (Phi) is 2.09. The lowest BCUT2D eigenvalue weighted by Crippen LogP contribution is -2.43. The molecule has 0 aromatic heterocycles. The van der Waals surface area contributed by atoms with Crippen LogP contribution in [0.2, 0.25) is 5.02 Å². The Bertz CT molecular complexity index is 329. The fourth-order valence-corrected chi connectivity index (χ4v) is 1.92. The van der Waals surface area contributed by atoms with Crippen LogP contribution in [0.1, 0.15) is 30.4 Å². The van der Waals surface area contributed by atoms with Gasteiger partial charge in [-0.25, -0.2) is 0 Å². The molecule has 0 unspecified atom stereocenters. The molecule has 1 aliphatic rings. The Morgan fingerprint density at radius 2 is 2.08 bits per heavy atom. The van der Waals surface area contributed by atoms with Crippen molar-refractivity contribution in [3.05, 3.63) is 34.3 Å². The number of hydrogen-bond acceptors (Lipinski definition) is 1. The quantitative estimate of drug-likeness (QED) is 0.733. The molecule has 1 fully saturated rings. The average molecular weight is 196 g/mol. The van der Waals surface area contributed by atoms with Gasteiger partial charge in [0.25, 0.3) is 0 Å². The first kappa shape index (κ1) is 9.04. The molecule has 70 valence electrons. The summed E-state index contributed by atoms with van der Waals surface area (Å²) in [7, 11) is 0. The van der Waals surface area contributed by atoms with Gasteiger partial charge in [-0.3, -0.25) is 0 Å². The van der Waals surface area contributed by atoms with Gasteiger partial charge in [0.15, 0.2) is 0 Å². The van der Waals surface area contributed by atoms with E-state index in [0.29, 0.717) is 0 Å². The molecule has 2 heteroatoms. The smallest absolute Gasteiger partial charge is 0.0435 e. The second kappa shape index (κ2) is 3.00. The number of hydrogen-bond donors (Lipinski definition) is 1. The molecule has 13 heavy (non-hydrogen) atoms. The number of aryl methyl sites for hydroxylation is 1. The van der Waals surface area contributed by atoms with Gasteiger partial charge < -0.3 is 5.73 Å². The Morgan fingerprint density at radius 1 is 1.38 bits per heavy atom. The number of rotatable bonds is 1. The number of nitrogens with two attached hydrogens (primary N) is 1. The van der Waals surface area contributed by atoms with Crippen LogP contribution in [-0.4, -0.2) is 0 Å². The molecule has 2 rings (SSSR count). The summed E-state index contributed by atoms with van der Waals surface area (Å²) >= 11 is 5.95. The first-order valence-electron chi connectivity index (χ1n) is 4.67. The lowest BCUT2D eigenvalue weighted by atomic mass is 9.72. The van der Waals surface area contributed by atoms with E-state index < -0.39 is 0 Å². The van der Waals surface area contributed by atoms with E-state index in [0.717, 1.165) is 23.4 Å². The van der Waals surface area contributed by atoms with Crippen LogP contribution in [0, 0.1) is 6.92 Å². The SMILES string of the molecule is Cc1cc(C2(N)CCC2)ccc1Cl. The van der Waals surface area contributed by atoms with E-state index in [1.54, 1.807) is 0 Å². The van der Waals surface area contributed by atoms with Gasteiger partial charge in [0.2, 0.25) is 0 Å². The highest BCUT2D eigenvalue weighted by molar-refractivity contribution is 6.31. The van der Waals surface area contributed by atoms with Crippen molar-refractivity contribution < 1.29 is 0 Å². The lowest BCUT2D eigenvalue weighted by Gasteiger charge is -2.38. The van der Waals surface area contributed by atoms with Crippen molar-refractivity contribution in [2.24, 2.45) is 5.73 Å². The third-order valence-corrected chi connectivity index (χ3v) is 3.40. The minimum absolute atomic E-state index is 0.0602. The van der Waals surface area contributed by atoms with Crippen molar-refractivity contribution in [3.8, 4) is 0 Å². The summed E-state index contributed by atoms with van der Waals surface area (Å²) in [5.41, 5.74) is 8.50. The minimum Gasteiger partial charge on any atom is -0.321 e. The molecule has 0 atom stereocenters. The van der Waals surface area contributed by atoms with Gasteiger partial charge in [0, 0.05) is 10.6 Å². The van der Waals surface area contributed by atoms with Crippen molar-refractivity contribution in [1.29, 1.82) is 0 Å². The van der Waals surface area contributed by atoms with Gasteiger partial charge in [-0.05, 0) is 43.4 Å². The minimum atomic E-state index is -0.0602. The topological polar surface area (TPSA) is 26.0 Å². The summed E-state index contributed by atoms with van der Waals surface area (Å²) in [6, 6.07) is 6.11. The largest absolute Gasteiger partial charge is 0.321 e. The third-order valence-electron chi connectivity index (χ3n) is 2.98. The summed E-state index contributed by atoms with van der Waals surface area (Å²) in [5.74, 6) is 0. The van der Waals surface area contributed by atoms with E-state index >= 15 is 0 Å². The first-order valence-corrected chi connectivity index (χ1v) is 5.05. The molecule has 1 nitrogen and oxygen atoms in total. The van der Waals surface area contributed by atoms with Gasteiger partial charge in [0.1, 0.15) is 0 Å². The van der Waals surface area contributed by atoms with Crippen LogP contribution in [0.3, 0.4) is 0 Å². The Morgan fingerprint density at radius 3 is 2.54 bits per heavy atom. The zero-order valence-corrected chi connectivity index (χ0v) is 8.56. The van der Waals surface area contributed by atoms with E-state index in [9.17, 15) is 0 Å². The van der Waals surface area contributed by atoms with E-state index in [-0.39, 0.29) is 5.54 Å². The van der Waals surface area contributed by atoms with Crippen LogP contribution in [0.4, 0.5) is 0 Å². The van der Waals surface area contributed by atoms with E-state index in [2.05, 4.69) is 12.1 Å². The summed E-state index contributed by atoms with van der Waals surface area (Å²) in [6.45, 7) is 2.02. The zero-order chi connectivity index (χ0) is 9.47. The standard InChI is InChI=1S/C11H14ClN/c1-8-7-9(3-4-10(8)12)11(13)5-2-6-11/h3-4,7H,2,5-6,13H2,1H3. The predicted octanol–water partition coefficient (Wildman–Crippen LogP) is 2.99. The molecule has 1 saturated carbocycles. The number of halogens is 1. The third kappa shape index (κ3) is 1.47. The molecule has 0 radical (unpaired) electrons. The van der Waals surface area contributed by atoms with Crippen molar-refractivity contribution in [3.63, 3.8) is 0 Å². The van der Waals surface area contributed by atoms with Crippen LogP contribution in [-0.2, 0) is 5.54 Å². The van der Waals surface area contributed by atoms with Crippen LogP contribution in [0.15, 0.2) is 18.2 Å². The molecule has 0 amide bonds. The highest BCUT2D eigenvalue weighted by atomic mass is 35.5. The van der Waals surface area contributed by atoms with Gasteiger partial charge >= 0.3 is 0 Å². The number of benzene rings is 1. The summed E-state index contributed by atoms with van der Waals surface area (Å²) in [5, 5.41) is 0.826. The fraction of sp³-hybridized carbons (Fsp3) is 0.455. The van der Waals surface area contributed by atoms with Gasteiger partial charge in [0.05, 0.1) is 0 Å². The molecular weight excluding hydrogens is 182 g/mol. The van der Waals surface area contributed by atoms with Gasteiger partial charge in [-0.2, -0.15) is 0 Å². The van der Waals surface area contributed by atoms with Crippen LogP contribution in [0.5, 0.6) is 0 Å². The monoisotopic (exact) mass is 195 g/mol. The van der Waals surface area contributed by atoms with Crippen LogP contribution in [0.25, 0.3) is 0 Å². The molecule has 1 aromatic rings. The van der Waals surface area contributed by atoms with Crippen molar-refractivity contribution >= 4 is 11.6 Å². The summed E-state index contributed by atoms with van der Waals surface area (Å²) in [4.78, 5) is 0. The fourth-order valence-electron chi connectivity index (χ4n) is 1.80. The summed E-state index contributed by atoms with van der Waals surface area (Å²) < 4.78 is 0. The molecule has 0 saturated heterocycles. The Hall–Kier alpha value is -0.530. The van der Waals surface area contributed by atoms with Crippen molar-refractivity contribution in [2.75, 3.05) is 0 Å². The molecule has 1 aromatic carbocycles. The van der Waals surface area contributed by atoms with Gasteiger partial charge in [-0.15, -0.1) is 0 Å². The first-order chi connectivity index (χ1) is 6.12. The second-order valence-electron chi connectivity index (χ2n) is 3.97. The van der Waals surface area contributed by atoms with Crippen LogP contribution >= 0.6 is 11.6 Å². The summed E-state index contributed by atoms with van der Waals surface area (Å²) in [6.07, 6.45) is 3.46. The average Bonchev–Trinajstić information content (AvgIpc) is 2.06. The second-order valence-corrected chi connectivity index (χ2v) is 4.38. The molecule has 0 bridgehead atoms. The van der Waals surface area contributed by atoms with Gasteiger partial charge in [-0.1, -0.05) is 23.7 Å². The van der Waals surface area contributed by atoms with E-state index in [1.165, 1.54) is 12.0 Å². The maximum absolute atomic E-state index is 6.20. The predicted molar refractivity (Wildman–Crippen MR) is 55.9 cm³/mol. The molecule has 0 aliphatic heterocycles. The molecule has 0 heterocycles. The molecule has 1 aliphatic carbocycles. The Balaban J connectivity index is 2.36. The maximum Gasteiger partial charge on any atom is 0.0435 e.